The Labute approximate surface area is 103 Å². The maximum Gasteiger partial charge on any atom is 0.223 e. The summed E-state index contributed by atoms with van der Waals surface area (Å²) in [6, 6.07) is 1.31. The summed E-state index contributed by atoms with van der Waals surface area (Å²) in [5.41, 5.74) is 1.76. The van der Waals surface area contributed by atoms with Gasteiger partial charge in [0.2, 0.25) is 5.43 Å². The monoisotopic (exact) mass is 250 g/mol. The molecule has 0 aliphatic rings. The largest absolute Gasteiger partial charge is 0.483 e. The molecule has 2 aromatic heterocycles. The molecule has 0 unspecified atom stereocenters. The number of pyridine rings is 1. The fourth-order valence-electron chi connectivity index (χ4n) is 1.56. The molecule has 2 heterocycles. The standard InChI is InChI=1S/C12H14N2O4/c1-7-10(8(2)18-14-7)6-17-12-4-13-9(5-15)3-11(12)16/h3-4,15H,5-6H2,1-2H3,(H,13,16). The molecule has 0 atom stereocenters. The Bertz CT molecular complexity index is 581. The van der Waals surface area contributed by atoms with Gasteiger partial charge in [-0.05, 0) is 13.8 Å². The molecule has 0 aliphatic carbocycles. The third kappa shape index (κ3) is 2.43. The van der Waals surface area contributed by atoms with Crippen LogP contribution in [-0.2, 0) is 13.2 Å². The molecule has 96 valence electrons. The van der Waals surface area contributed by atoms with Crippen LogP contribution in [-0.4, -0.2) is 15.2 Å². The third-order valence-electron chi connectivity index (χ3n) is 2.66. The lowest BCUT2D eigenvalue weighted by Crippen LogP contribution is -2.10. The summed E-state index contributed by atoms with van der Waals surface area (Å²) in [6.45, 7) is 3.62. The average molecular weight is 250 g/mol. The van der Waals surface area contributed by atoms with E-state index in [0.717, 1.165) is 11.3 Å². The summed E-state index contributed by atoms with van der Waals surface area (Å²) in [6.07, 6.45) is 1.44. The summed E-state index contributed by atoms with van der Waals surface area (Å²) in [7, 11) is 0. The smallest absolute Gasteiger partial charge is 0.223 e. The molecule has 6 nitrogen and oxygen atoms in total. The first-order valence-electron chi connectivity index (χ1n) is 5.49. The van der Waals surface area contributed by atoms with Gasteiger partial charge < -0.3 is 19.4 Å². The van der Waals surface area contributed by atoms with Gasteiger partial charge >= 0.3 is 0 Å². The van der Waals surface area contributed by atoms with Crippen molar-refractivity contribution in [3.63, 3.8) is 0 Å². The van der Waals surface area contributed by atoms with Gasteiger partial charge in [0.1, 0.15) is 12.4 Å². The lowest BCUT2D eigenvalue weighted by Gasteiger charge is -2.05. The number of aryl methyl sites for hydroxylation is 2. The van der Waals surface area contributed by atoms with E-state index in [1.54, 1.807) is 6.92 Å². The number of nitrogens with one attached hydrogen (secondary N) is 1. The van der Waals surface area contributed by atoms with Crippen molar-refractivity contribution in [1.29, 1.82) is 0 Å². The van der Waals surface area contributed by atoms with Crippen LogP contribution in [0.3, 0.4) is 0 Å². The number of aliphatic hydroxyl groups excluding tert-OH is 1. The van der Waals surface area contributed by atoms with Gasteiger partial charge in [0.15, 0.2) is 5.75 Å². The Morgan fingerprint density at radius 2 is 2.28 bits per heavy atom. The summed E-state index contributed by atoms with van der Waals surface area (Å²) in [4.78, 5) is 14.4. The fraction of sp³-hybridized carbons (Fsp3) is 0.333. The molecular weight excluding hydrogens is 236 g/mol. The molecule has 2 aromatic rings. The molecule has 0 aromatic carbocycles. The van der Waals surface area contributed by atoms with Crippen LogP contribution in [0.1, 0.15) is 22.7 Å². The van der Waals surface area contributed by atoms with E-state index in [1.807, 2.05) is 6.92 Å². The fourth-order valence-corrected chi connectivity index (χ4v) is 1.56. The quantitative estimate of drug-likeness (QED) is 0.846. The topological polar surface area (TPSA) is 88.3 Å². The van der Waals surface area contributed by atoms with Crippen LogP contribution in [0.25, 0.3) is 0 Å². The first-order chi connectivity index (χ1) is 8.61. The molecule has 0 spiro atoms. The third-order valence-corrected chi connectivity index (χ3v) is 2.66. The molecule has 0 aliphatic heterocycles. The Hall–Kier alpha value is -2.08. The first-order valence-corrected chi connectivity index (χ1v) is 5.49. The minimum atomic E-state index is -0.274. The molecule has 0 bridgehead atoms. The van der Waals surface area contributed by atoms with Gasteiger partial charge in [-0.1, -0.05) is 5.16 Å². The van der Waals surface area contributed by atoms with E-state index in [0.29, 0.717) is 11.5 Å². The van der Waals surface area contributed by atoms with E-state index < -0.39 is 0 Å². The lowest BCUT2D eigenvalue weighted by molar-refractivity contribution is 0.274. The van der Waals surface area contributed by atoms with E-state index in [1.165, 1.54) is 12.3 Å². The van der Waals surface area contributed by atoms with Crippen LogP contribution < -0.4 is 10.2 Å². The van der Waals surface area contributed by atoms with Gasteiger partial charge in [0.05, 0.1) is 17.9 Å². The molecule has 2 N–H and O–H groups in total. The van der Waals surface area contributed by atoms with Crippen molar-refractivity contribution in [3.8, 4) is 5.75 Å². The molecule has 18 heavy (non-hydrogen) atoms. The molecule has 0 saturated carbocycles. The zero-order chi connectivity index (χ0) is 13.1. The number of H-pyrrole nitrogens is 1. The molecule has 0 saturated heterocycles. The van der Waals surface area contributed by atoms with Crippen LogP contribution >= 0.6 is 0 Å². The Kier molecular flexibility index (Phi) is 3.47. The van der Waals surface area contributed by atoms with Crippen LogP contribution in [0.5, 0.6) is 5.75 Å². The van der Waals surface area contributed by atoms with Crippen molar-refractivity contribution in [1.82, 2.24) is 10.1 Å². The van der Waals surface area contributed by atoms with E-state index >= 15 is 0 Å². The number of aromatic nitrogens is 2. The van der Waals surface area contributed by atoms with Gasteiger partial charge in [0, 0.05) is 18.0 Å². The summed E-state index contributed by atoms with van der Waals surface area (Å²) in [5, 5.41) is 12.7. The van der Waals surface area contributed by atoms with Gasteiger partial charge in [-0.2, -0.15) is 0 Å². The number of ether oxygens (including phenoxy) is 1. The van der Waals surface area contributed by atoms with Gasteiger partial charge in [0.25, 0.3) is 0 Å². The van der Waals surface area contributed by atoms with Crippen molar-refractivity contribution in [2.45, 2.75) is 27.1 Å². The molecule has 2 rings (SSSR count). The van der Waals surface area contributed by atoms with Gasteiger partial charge in [-0.3, -0.25) is 4.79 Å². The second-order valence-electron chi connectivity index (χ2n) is 3.94. The summed E-state index contributed by atoms with van der Waals surface area (Å²) >= 11 is 0. The highest BCUT2D eigenvalue weighted by Gasteiger charge is 2.10. The predicted octanol–water partition coefficient (Wildman–Crippen LogP) is 1.05. The van der Waals surface area contributed by atoms with E-state index in [9.17, 15) is 4.79 Å². The second kappa shape index (κ2) is 5.05. The number of hydrogen-bond donors (Lipinski definition) is 2. The predicted molar refractivity (Wildman–Crippen MR) is 63.3 cm³/mol. The maximum absolute atomic E-state index is 11.6. The molecule has 6 heteroatoms. The van der Waals surface area contributed by atoms with Gasteiger partial charge in [-0.15, -0.1) is 0 Å². The van der Waals surface area contributed by atoms with Crippen LogP contribution in [0.4, 0.5) is 0 Å². The van der Waals surface area contributed by atoms with Crippen molar-refractivity contribution >= 4 is 0 Å². The Morgan fingerprint density at radius 1 is 1.50 bits per heavy atom. The van der Waals surface area contributed by atoms with Crippen molar-refractivity contribution in [2.24, 2.45) is 0 Å². The minimum Gasteiger partial charge on any atom is -0.483 e. The summed E-state index contributed by atoms with van der Waals surface area (Å²) < 4.78 is 10.4. The molecular formula is C12H14N2O4. The molecule has 0 amide bonds. The lowest BCUT2D eigenvalue weighted by atomic mass is 10.2. The van der Waals surface area contributed by atoms with E-state index in [-0.39, 0.29) is 24.4 Å². The Morgan fingerprint density at radius 3 is 2.83 bits per heavy atom. The highest BCUT2D eigenvalue weighted by Crippen LogP contribution is 2.14. The van der Waals surface area contributed by atoms with Crippen molar-refractivity contribution < 1.29 is 14.4 Å². The number of rotatable bonds is 4. The number of aromatic amines is 1. The zero-order valence-electron chi connectivity index (χ0n) is 10.2. The normalized spacial score (nSPS) is 10.6. The van der Waals surface area contributed by atoms with E-state index in [2.05, 4.69) is 10.1 Å². The van der Waals surface area contributed by atoms with E-state index in [4.69, 9.17) is 14.4 Å². The van der Waals surface area contributed by atoms with Gasteiger partial charge in [-0.25, -0.2) is 0 Å². The zero-order valence-corrected chi connectivity index (χ0v) is 10.2. The number of nitrogens with zero attached hydrogens (tertiary/aromatic N) is 1. The molecule has 0 fully saturated rings. The SMILES string of the molecule is Cc1noc(C)c1COc1c[nH]c(CO)cc1=O. The first kappa shape index (κ1) is 12.4. The molecule has 0 radical (unpaired) electrons. The highest BCUT2D eigenvalue weighted by molar-refractivity contribution is 5.23. The number of hydrogen-bond acceptors (Lipinski definition) is 5. The summed E-state index contributed by atoms with van der Waals surface area (Å²) in [5.74, 6) is 0.878. The van der Waals surface area contributed by atoms with Crippen LogP contribution in [0.15, 0.2) is 21.6 Å². The minimum absolute atomic E-state index is 0.201. The number of aliphatic hydroxyl groups is 1. The maximum atomic E-state index is 11.6. The van der Waals surface area contributed by atoms with Crippen LogP contribution in [0.2, 0.25) is 0 Å². The highest BCUT2D eigenvalue weighted by atomic mass is 16.5. The van der Waals surface area contributed by atoms with Crippen molar-refractivity contribution in [2.75, 3.05) is 0 Å². The Balaban J connectivity index is 2.14. The van der Waals surface area contributed by atoms with Crippen LogP contribution in [0, 0.1) is 13.8 Å². The second-order valence-corrected chi connectivity index (χ2v) is 3.94. The van der Waals surface area contributed by atoms with Crippen molar-refractivity contribution in [3.05, 3.63) is 45.2 Å². The average Bonchev–Trinajstić information content (AvgIpc) is 2.68.